The predicted molar refractivity (Wildman–Crippen MR) is 110 cm³/mol. The molecule has 0 bridgehead atoms. The highest BCUT2D eigenvalue weighted by molar-refractivity contribution is 5.73. The molecule has 176 valence electrons. The van der Waals surface area contributed by atoms with Gasteiger partial charge in [-0.3, -0.25) is 4.79 Å². The third kappa shape index (κ3) is 13.6. The molecule has 0 amide bonds. The zero-order valence-electron chi connectivity index (χ0n) is 17.6. The Bertz CT molecular complexity index is 661. The van der Waals surface area contributed by atoms with Gasteiger partial charge in [0.1, 0.15) is 5.75 Å². The molecule has 1 aliphatic rings. The smallest absolute Gasteiger partial charge is 0.490 e. The van der Waals surface area contributed by atoms with Crippen molar-refractivity contribution in [3.05, 3.63) is 29.8 Å². The number of rotatable bonds is 11. The number of alkyl halides is 3. The van der Waals surface area contributed by atoms with E-state index in [1.54, 1.807) is 0 Å². The number of carbonyl (C=O) groups is 2. The summed E-state index contributed by atoms with van der Waals surface area (Å²) < 4.78 is 37.7. The van der Waals surface area contributed by atoms with Crippen molar-refractivity contribution in [3.8, 4) is 5.75 Å². The standard InChI is InChI=1S/C20H31NO3.C2HF3O2/c22-20(23)11-14-21-13-5-9-18-8-4-10-19(16-18)24-15-12-17-6-2-1-3-7-17;3-2(4,5)1(6)7/h4,8,10,16-17,21H,1-3,5-7,9,11-15H2,(H,22,23);(H,6,7). The van der Waals surface area contributed by atoms with E-state index < -0.39 is 18.1 Å². The van der Waals surface area contributed by atoms with Crippen LogP contribution in [0.4, 0.5) is 13.2 Å². The van der Waals surface area contributed by atoms with Crippen LogP contribution in [-0.4, -0.2) is 48.0 Å². The fourth-order valence-corrected chi connectivity index (χ4v) is 3.35. The highest BCUT2D eigenvalue weighted by Crippen LogP contribution is 2.26. The molecular formula is C22H32F3NO5. The molecule has 1 aromatic rings. The van der Waals surface area contributed by atoms with Gasteiger partial charge < -0.3 is 20.3 Å². The molecule has 0 unspecified atom stereocenters. The first-order valence-electron chi connectivity index (χ1n) is 10.6. The fourth-order valence-electron chi connectivity index (χ4n) is 3.35. The first-order chi connectivity index (χ1) is 14.7. The molecule has 0 aliphatic heterocycles. The van der Waals surface area contributed by atoms with Crippen molar-refractivity contribution in [2.24, 2.45) is 5.92 Å². The number of hydrogen-bond acceptors (Lipinski definition) is 4. The van der Waals surface area contributed by atoms with Crippen LogP contribution in [0.25, 0.3) is 0 Å². The van der Waals surface area contributed by atoms with Crippen LogP contribution in [0.15, 0.2) is 24.3 Å². The Morgan fingerprint density at radius 1 is 1.10 bits per heavy atom. The first-order valence-corrected chi connectivity index (χ1v) is 10.6. The number of nitrogens with one attached hydrogen (secondary N) is 1. The van der Waals surface area contributed by atoms with E-state index in [-0.39, 0.29) is 6.42 Å². The molecule has 3 N–H and O–H groups in total. The Hall–Kier alpha value is -2.29. The molecule has 0 heterocycles. The summed E-state index contributed by atoms with van der Waals surface area (Å²) in [5.41, 5.74) is 1.28. The van der Waals surface area contributed by atoms with Gasteiger partial charge in [0.05, 0.1) is 13.0 Å². The van der Waals surface area contributed by atoms with Crippen LogP contribution in [0.1, 0.15) is 56.9 Å². The van der Waals surface area contributed by atoms with Gasteiger partial charge in [-0.2, -0.15) is 13.2 Å². The number of aryl methyl sites for hydroxylation is 1. The number of aliphatic carboxylic acids is 2. The number of hydrogen-bond donors (Lipinski definition) is 3. The third-order valence-electron chi connectivity index (χ3n) is 5.00. The molecule has 1 saturated carbocycles. The van der Waals surface area contributed by atoms with Crippen LogP contribution in [0.5, 0.6) is 5.75 Å². The van der Waals surface area contributed by atoms with Gasteiger partial charge in [-0.25, -0.2) is 4.79 Å². The monoisotopic (exact) mass is 447 g/mol. The Kier molecular flexibility index (Phi) is 12.7. The van der Waals surface area contributed by atoms with Crippen LogP contribution < -0.4 is 10.1 Å². The van der Waals surface area contributed by atoms with Gasteiger partial charge in [-0.1, -0.05) is 44.2 Å². The van der Waals surface area contributed by atoms with Crippen LogP contribution in [0.3, 0.4) is 0 Å². The second-order valence-corrected chi connectivity index (χ2v) is 7.59. The van der Waals surface area contributed by atoms with E-state index in [0.717, 1.165) is 37.7 Å². The molecule has 0 saturated heterocycles. The fraction of sp³-hybridized carbons (Fsp3) is 0.636. The summed E-state index contributed by atoms with van der Waals surface area (Å²) in [6.07, 6.45) is 5.20. The summed E-state index contributed by atoms with van der Waals surface area (Å²) >= 11 is 0. The molecule has 1 aromatic carbocycles. The molecule has 31 heavy (non-hydrogen) atoms. The maximum Gasteiger partial charge on any atom is 0.490 e. The summed E-state index contributed by atoms with van der Waals surface area (Å²) in [5.74, 6) is -1.67. The molecule has 1 aliphatic carbocycles. The van der Waals surface area contributed by atoms with E-state index in [2.05, 4.69) is 23.5 Å². The lowest BCUT2D eigenvalue weighted by atomic mass is 9.87. The van der Waals surface area contributed by atoms with E-state index >= 15 is 0 Å². The van der Waals surface area contributed by atoms with E-state index in [1.807, 2.05) is 6.07 Å². The van der Waals surface area contributed by atoms with E-state index in [0.29, 0.717) is 6.54 Å². The van der Waals surface area contributed by atoms with E-state index in [4.69, 9.17) is 19.7 Å². The van der Waals surface area contributed by atoms with Crippen molar-refractivity contribution in [1.29, 1.82) is 0 Å². The maximum absolute atomic E-state index is 10.6. The van der Waals surface area contributed by atoms with Gasteiger partial charge in [0.25, 0.3) is 0 Å². The van der Waals surface area contributed by atoms with E-state index in [1.165, 1.54) is 44.1 Å². The summed E-state index contributed by atoms with van der Waals surface area (Å²) in [6, 6.07) is 8.36. The van der Waals surface area contributed by atoms with Gasteiger partial charge in [0.2, 0.25) is 0 Å². The average molecular weight is 447 g/mol. The van der Waals surface area contributed by atoms with Gasteiger partial charge in [-0.05, 0) is 49.4 Å². The SMILES string of the molecule is O=C(O)C(F)(F)F.O=C(O)CCNCCCc1cccc(OCCC2CCCCC2)c1. The largest absolute Gasteiger partial charge is 0.494 e. The van der Waals surface area contributed by atoms with Gasteiger partial charge in [0, 0.05) is 6.54 Å². The molecule has 9 heteroatoms. The molecule has 0 spiro atoms. The van der Waals surface area contributed by atoms with Gasteiger partial charge in [0.15, 0.2) is 0 Å². The summed E-state index contributed by atoms with van der Waals surface area (Å²) in [5, 5.41) is 18.9. The third-order valence-corrected chi connectivity index (χ3v) is 5.00. The van der Waals surface area contributed by atoms with Gasteiger partial charge in [-0.15, -0.1) is 0 Å². The van der Waals surface area contributed by atoms with Gasteiger partial charge >= 0.3 is 18.1 Å². The molecule has 0 atom stereocenters. The average Bonchev–Trinajstić information content (AvgIpc) is 2.71. The quantitative estimate of drug-likeness (QED) is 0.427. The molecule has 0 aromatic heterocycles. The van der Waals surface area contributed by atoms with Crippen LogP contribution in [0.2, 0.25) is 0 Å². The molecular weight excluding hydrogens is 415 g/mol. The van der Waals surface area contributed by atoms with Crippen molar-refractivity contribution >= 4 is 11.9 Å². The lowest BCUT2D eigenvalue weighted by Gasteiger charge is -2.21. The number of ether oxygens (including phenoxy) is 1. The van der Waals surface area contributed by atoms with Crippen molar-refractivity contribution in [2.45, 2.75) is 64.0 Å². The minimum absolute atomic E-state index is 0.185. The number of carboxylic acids is 2. The Morgan fingerprint density at radius 2 is 1.77 bits per heavy atom. The van der Waals surface area contributed by atoms with Crippen LogP contribution in [-0.2, 0) is 16.0 Å². The number of carboxylic acid groups (broad SMARTS) is 2. The number of benzene rings is 1. The summed E-state index contributed by atoms with van der Waals surface area (Å²) in [4.78, 5) is 19.3. The second kappa shape index (κ2) is 14.7. The van der Waals surface area contributed by atoms with E-state index in [9.17, 15) is 18.0 Å². The highest BCUT2D eigenvalue weighted by Gasteiger charge is 2.38. The summed E-state index contributed by atoms with van der Waals surface area (Å²) in [6.45, 7) is 2.21. The minimum Gasteiger partial charge on any atom is -0.494 e. The zero-order chi connectivity index (χ0) is 23.1. The normalized spacial score (nSPS) is 14.4. The molecule has 6 nitrogen and oxygen atoms in total. The lowest BCUT2D eigenvalue weighted by Crippen LogP contribution is -2.21. The zero-order valence-corrected chi connectivity index (χ0v) is 17.6. The number of halogens is 3. The Balaban J connectivity index is 0.000000592. The highest BCUT2D eigenvalue weighted by atomic mass is 19.4. The Morgan fingerprint density at radius 3 is 2.39 bits per heavy atom. The summed E-state index contributed by atoms with van der Waals surface area (Å²) in [7, 11) is 0. The van der Waals surface area contributed by atoms with Crippen molar-refractivity contribution in [2.75, 3.05) is 19.7 Å². The lowest BCUT2D eigenvalue weighted by molar-refractivity contribution is -0.192. The van der Waals surface area contributed by atoms with Crippen LogP contribution in [0, 0.1) is 5.92 Å². The van der Waals surface area contributed by atoms with Crippen molar-refractivity contribution < 1.29 is 37.7 Å². The first kappa shape index (κ1) is 26.7. The maximum atomic E-state index is 10.6. The van der Waals surface area contributed by atoms with Crippen molar-refractivity contribution in [1.82, 2.24) is 5.32 Å². The minimum atomic E-state index is -5.08. The Labute approximate surface area is 180 Å². The van der Waals surface area contributed by atoms with Crippen LogP contribution >= 0.6 is 0 Å². The second-order valence-electron chi connectivity index (χ2n) is 7.59. The predicted octanol–water partition coefficient (Wildman–Crippen LogP) is 4.67. The molecule has 0 radical (unpaired) electrons. The topological polar surface area (TPSA) is 95.9 Å². The van der Waals surface area contributed by atoms with Crippen molar-refractivity contribution in [3.63, 3.8) is 0 Å². The molecule has 2 rings (SSSR count). The molecule has 1 fully saturated rings.